The monoisotopic (exact) mass is 298 g/mol. The maximum absolute atomic E-state index is 11.4. The molecule has 22 heavy (non-hydrogen) atoms. The number of rotatable bonds is 8. The van der Waals surface area contributed by atoms with Crippen LogP contribution in [0.2, 0.25) is 0 Å². The molecule has 0 saturated carbocycles. The van der Waals surface area contributed by atoms with Crippen LogP contribution in [-0.2, 0) is 22.6 Å². The van der Waals surface area contributed by atoms with Gasteiger partial charge in [-0.05, 0) is 11.1 Å². The molecule has 0 fully saturated rings. The van der Waals surface area contributed by atoms with E-state index in [9.17, 15) is 14.7 Å². The highest BCUT2D eigenvalue weighted by Gasteiger charge is 2.20. The summed E-state index contributed by atoms with van der Waals surface area (Å²) in [6, 6.07) is 17.8. The average molecular weight is 298 g/mol. The van der Waals surface area contributed by atoms with Gasteiger partial charge in [-0.25, -0.2) is 5.43 Å². The largest absolute Gasteiger partial charge is 0.480 e. The second-order valence-corrected chi connectivity index (χ2v) is 4.93. The van der Waals surface area contributed by atoms with Crippen LogP contribution in [-0.4, -0.2) is 28.5 Å². The van der Waals surface area contributed by atoms with Gasteiger partial charge in [0.25, 0.3) is 0 Å². The third-order valence-corrected chi connectivity index (χ3v) is 3.23. The topological polar surface area (TPSA) is 69.6 Å². The number of hydrogen-bond donors (Lipinski definition) is 2. The van der Waals surface area contributed by atoms with Gasteiger partial charge in [-0.2, -0.15) is 0 Å². The number of benzene rings is 2. The molecular weight excluding hydrogens is 280 g/mol. The second-order valence-electron chi connectivity index (χ2n) is 4.93. The van der Waals surface area contributed by atoms with Gasteiger partial charge in [-0.1, -0.05) is 60.7 Å². The van der Waals surface area contributed by atoms with E-state index in [-0.39, 0.29) is 0 Å². The van der Waals surface area contributed by atoms with Gasteiger partial charge in [0, 0.05) is 6.42 Å². The van der Waals surface area contributed by atoms with Gasteiger partial charge in [0.2, 0.25) is 6.41 Å². The summed E-state index contributed by atoms with van der Waals surface area (Å²) in [7, 11) is 0. The molecule has 1 unspecified atom stereocenters. The van der Waals surface area contributed by atoms with E-state index < -0.39 is 12.0 Å². The lowest BCUT2D eigenvalue weighted by Gasteiger charge is -2.23. The van der Waals surface area contributed by atoms with Crippen LogP contribution >= 0.6 is 0 Å². The number of aliphatic carboxylic acids is 1. The predicted molar refractivity (Wildman–Crippen MR) is 82.8 cm³/mol. The van der Waals surface area contributed by atoms with Crippen LogP contribution in [0.15, 0.2) is 60.7 Å². The van der Waals surface area contributed by atoms with E-state index in [1.165, 1.54) is 5.01 Å². The zero-order valence-electron chi connectivity index (χ0n) is 12.1. The lowest BCUT2D eigenvalue weighted by atomic mass is 10.1. The van der Waals surface area contributed by atoms with E-state index in [4.69, 9.17) is 0 Å². The molecule has 0 aromatic heterocycles. The van der Waals surface area contributed by atoms with Crippen molar-refractivity contribution < 1.29 is 14.7 Å². The zero-order valence-corrected chi connectivity index (χ0v) is 12.1. The number of hydrogen-bond acceptors (Lipinski definition) is 3. The third kappa shape index (κ3) is 4.71. The first kappa shape index (κ1) is 15.7. The van der Waals surface area contributed by atoms with Crippen molar-refractivity contribution in [1.29, 1.82) is 0 Å². The molecule has 5 nitrogen and oxygen atoms in total. The Labute approximate surface area is 129 Å². The molecule has 0 aliphatic carbocycles. The lowest BCUT2D eigenvalue weighted by Crippen LogP contribution is -2.48. The van der Waals surface area contributed by atoms with Crippen molar-refractivity contribution in [3.8, 4) is 0 Å². The summed E-state index contributed by atoms with van der Waals surface area (Å²) in [4.78, 5) is 22.6. The first-order chi connectivity index (χ1) is 10.7. The van der Waals surface area contributed by atoms with Crippen molar-refractivity contribution >= 4 is 12.4 Å². The molecule has 2 aromatic carbocycles. The van der Waals surface area contributed by atoms with Gasteiger partial charge < -0.3 is 5.11 Å². The third-order valence-electron chi connectivity index (χ3n) is 3.23. The summed E-state index contributed by atoms with van der Waals surface area (Å²) in [5.74, 6) is -0.997. The number of hydrazine groups is 1. The minimum Gasteiger partial charge on any atom is -0.480 e. The molecule has 5 heteroatoms. The SMILES string of the molecule is O=CN(Cc1ccccc1)NC(Cc1ccccc1)C(=O)O. The van der Waals surface area contributed by atoms with E-state index >= 15 is 0 Å². The number of nitrogens with one attached hydrogen (secondary N) is 1. The van der Waals surface area contributed by atoms with Gasteiger partial charge in [-0.15, -0.1) is 0 Å². The van der Waals surface area contributed by atoms with Gasteiger partial charge in [0.05, 0.1) is 6.54 Å². The van der Waals surface area contributed by atoms with Gasteiger partial charge in [0.15, 0.2) is 0 Å². The van der Waals surface area contributed by atoms with Gasteiger partial charge in [-0.3, -0.25) is 14.6 Å². The van der Waals surface area contributed by atoms with Crippen LogP contribution in [0, 0.1) is 0 Å². The Morgan fingerprint density at radius 3 is 2.09 bits per heavy atom. The molecule has 0 spiro atoms. The first-order valence-electron chi connectivity index (χ1n) is 6.98. The number of carboxylic acids is 1. The highest BCUT2D eigenvalue weighted by Crippen LogP contribution is 2.06. The Bertz CT molecular complexity index is 602. The number of amides is 1. The molecule has 2 rings (SSSR count). The molecule has 0 bridgehead atoms. The molecule has 1 amide bonds. The Morgan fingerprint density at radius 2 is 1.59 bits per heavy atom. The molecule has 0 heterocycles. The van der Waals surface area contributed by atoms with E-state index in [1.54, 1.807) is 0 Å². The quantitative estimate of drug-likeness (QED) is 0.576. The number of carbonyl (C=O) groups is 2. The number of carboxylic acid groups (broad SMARTS) is 1. The molecule has 114 valence electrons. The molecular formula is C17H18N2O3. The van der Waals surface area contributed by atoms with Crippen LogP contribution in [0.4, 0.5) is 0 Å². The number of nitrogens with zero attached hydrogens (tertiary/aromatic N) is 1. The van der Waals surface area contributed by atoms with E-state index in [2.05, 4.69) is 5.43 Å². The Morgan fingerprint density at radius 1 is 1.05 bits per heavy atom. The van der Waals surface area contributed by atoms with Crippen LogP contribution in [0.3, 0.4) is 0 Å². The van der Waals surface area contributed by atoms with Crippen molar-refractivity contribution in [2.24, 2.45) is 0 Å². The first-order valence-corrected chi connectivity index (χ1v) is 6.98. The van der Waals surface area contributed by atoms with Gasteiger partial charge in [0.1, 0.15) is 6.04 Å². The molecule has 2 aromatic rings. The van der Waals surface area contributed by atoms with E-state index in [1.807, 2.05) is 60.7 Å². The van der Waals surface area contributed by atoms with Gasteiger partial charge >= 0.3 is 5.97 Å². The fourth-order valence-corrected chi connectivity index (χ4v) is 2.13. The summed E-state index contributed by atoms with van der Waals surface area (Å²) in [6.45, 7) is 0.308. The summed E-state index contributed by atoms with van der Waals surface area (Å²) >= 11 is 0. The summed E-state index contributed by atoms with van der Waals surface area (Å²) in [5, 5.41) is 10.6. The average Bonchev–Trinajstić information content (AvgIpc) is 2.55. The van der Waals surface area contributed by atoms with Crippen molar-refractivity contribution in [3.63, 3.8) is 0 Å². The summed E-state index contributed by atoms with van der Waals surface area (Å²) in [5.41, 5.74) is 4.58. The summed E-state index contributed by atoms with van der Waals surface area (Å²) < 4.78 is 0. The van der Waals surface area contributed by atoms with Crippen LogP contribution in [0.1, 0.15) is 11.1 Å². The van der Waals surface area contributed by atoms with Crippen molar-refractivity contribution in [2.75, 3.05) is 0 Å². The maximum atomic E-state index is 11.4. The maximum Gasteiger partial charge on any atom is 0.322 e. The van der Waals surface area contributed by atoms with Crippen molar-refractivity contribution in [2.45, 2.75) is 19.0 Å². The molecule has 0 saturated heterocycles. The Balaban J connectivity index is 2.02. The smallest absolute Gasteiger partial charge is 0.322 e. The van der Waals surface area contributed by atoms with E-state index in [0.717, 1.165) is 11.1 Å². The minimum absolute atomic E-state index is 0.301. The summed E-state index contributed by atoms with van der Waals surface area (Å²) in [6.07, 6.45) is 0.906. The Hall–Kier alpha value is -2.66. The van der Waals surface area contributed by atoms with Crippen LogP contribution in [0.25, 0.3) is 0 Å². The van der Waals surface area contributed by atoms with Crippen molar-refractivity contribution in [1.82, 2.24) is 10.4 Å². The van der Waals surface area contributed by atoms with Crippen molar-refractivity contribution in [3.05, 3.63) is 71.8 Å². The minimum atomic E-state index is -0.997. The highest BCUT2D eigenvalue weighted by atomic mass is 16.4. The number of carbonyl (C=O) groups excluding carboxylic acids is 1. The molecule has 2 N–H and O–H groups in total. The highest BCUT2D eigenvalue weighted by molar-refractivity contribution is 5.74. The predicted octanol–water partition coefficient (Wildman–Crippen LogP) is 1.85. The lowest BCUT2D eigenvalue weighted by molar-refractivity contribution is -0.142. The van der Waals surface area contributed by atoms with Crippen LogP contribution < -0.4 is 5.43 Å². The zero-order chi connectivity index (χ0) is 15.8. The normalized spacial score (nSPS) is 11.6. The second kappa shape index (κ2) is 7.95. The standard InChI is InChI=1S/C17H18N2O3/c20-13-19(12-15-9-5-2-6-10-15)18-16(17(21)22)11-14-7-3-1-4-8-14/h1-10,13,16,18H,11-12H2,(H,21,22). The fourth-order valence-electron chi connectivity index (χ4n) is 2.13. The molecule has 0 aliphatic heterocycles. The molecule has 0 aliphatic rings. The molecule has 1 atom stereocenters. The Kier molecular flexibility index (Phi) is 5.68. The fraction of sp³-hybridized carbons (Fsp3) is 0.176. The van der Waals surface area contributed by atoms with E-state index in [0.29, 0.717) is 19.4 Å². The molecule has 0 radical (unpaired) electrons. The van der Waals surface area contributed by atoms with Crippen LogP contribution in [0.5, 0.6) is 0 Å².